The van der Waals surface area contributed by atoms with E-state index in [0.29, 0.717) is 52.3 Å². The summed E-state index contributed by atoms with van der Waals surface area (Å²) in [6.45, 7) is 1.32. The minimum absolute atomic E-state index is 0.300. The molecule has 4 saturated heterocycles. The molecular formula is C13H20O8. The van der Waals surface area contributed by atoms with Gasteiger partial charge >= 0.3 is 0 Å². The van der Waals surface area contributed by atoms with Crippen LogP contribution in [0.25, 0.3) is 0 Å². The van der Waals surface area contributed by atoms with Crippen molar-refractivity contribution in [3.05, 3.63) is 0 Å². The van der Waals surface area contributed by atoms with Crippen molar-refractivity contribution in [2.24, 2.45) is 5.41 Å². The number of hydrogen-bond acceptors (Lipinski definition) is 8. The Labute approximate surface area is 121 Å². The maximum atomic E-state index is 11.0. The summed E-state index contributed by atoms with van der Waals surface area (Å²) in [7, 11) is 0. The molecule has 0 aromatic carbocycles. The summed E-state index contributed by atoms with van der Waals surface area (Å²) in [5.74, 6) is -4.19. The van der Waals surface area contributed by atoms with E-state index >= 15 is 0 Å². The lowest BCUT2D eigenvalue weighted by molar-refractivity contribution is -0.528. The molecule has 21 heavy (non-hydrogen) atoms. The van der Waals surface area contributed by atoms with Crippen molar-refractivity contribution in [1.29, 1.82) is 0 Å². The van der Waals surface area contributed by atoms with E-state index in [1.165, 1.54) is 0 Å². The number of rotatable bonds is 2. The lowest BCUT2D eigenvalue weighted by Gasteiger charge is -2.63. The third-order valence-electron chi connectivity index (χ3n) is 5.21. The second-order valence-corrected chi connectivity index (χ2v) is 5.90. The Balaban J connectivity index is 1.88. The number of aliphatic hydroxyl groups excluding tert-OH is 1. The van der Waals surface area contributed by atoms with Gasteiger partial charge in [-0.2, -0.15) is 4.89 Å². The Kier molecular flexibility index (Phi) is 3.12. The highest BCUT2D eigenvalue weighted by Gasteiger charge is 2.81. The number of hydrogen-bond donors (Lipinski definition) is 2. The topological polar surface area (TPSA) is 95.8 Å². The molecule has 8 heteroatoms. The van der Waals surface area contributed by atoms with E-state index in [0.717, 1.165) is 0 Å². The van der Waals surface area contributed by atoms with Crippen molar-refractivity contribution in [2.75, 3.05) is 39.6 Å². The largest absolute Gasteiger partial charge is 0.395 e. The minimum atomic E-state index is -1.64. The van der Waals surface area contributed by atoms with Crippen LogP contribution in [0.1, 0.15) is 19.3 Å². The molecule has 0 saturated carbocycles. The molecule has 4 rings (SSSR count). The number of aliphatic hydroxyl groups is 2. The van der Waals surface area contributed by atoms with Crippen LogP contribution in [0.15, 0.2) is 0 Å². The first-order chi connectivity index (χ1) is 10.1. The highest BCUT2D eigenvalue weighted by Crippen LogP contribution is 2.63. The van der Waals surface area contributed by atoms with E-state index in [1.807, 2.05) is 0 Å². The molecule has 0 aromatic rings. The van der Waals surface area contributed by atoms with Gasteiger partial charge in [-0.3, -0.25) is 0 Å². The average Bonchev–Trinajstić information content (AvgIpc) is 3.09. The standard InChI is InChI=1S/C13H20O8/c14-9-10(11(15)1-4-16-11)12(18-7-8-19-12)2-5-17-13(10)3-6-20-21-13/h14-15H,1-9H2. The predicted molar refractivity (Wildman–Crippen MR) is 64.6 cm³/mol. The molecule has 120 valence electrons. The maximum Gasteiger partial charge on any atom is 0.222 e. The molecule has 3 atom stereocenters. The fraction of sp³-hybridized carbons (Fsp3) is 1.00. The summed E-state index contributed by atoms with van der Waals surface area (Å²) < 4.78 is 23.0. The van der Waals surface area contributed by atoms with Gasteiger partial charge in [0.15, 0.2) is 17.0 Å². The van der Waals surface area contributed by atoms with E-state index < -0.39 is 29.4 Å². The third kappa shape index (κ3) is 1.52. The summed E-state index contributed by atoms with van der Waals surface area (Å²) >= 11 is 0. The zero-order valence-electron chi connectivity index (χ0n) is 11.7. The van der Waals surface area contributed by atoms with Crippen molar-refractivity contribution in [3.63, 3.8) is 0 Å². The highest BCUT2D eigenvalue weighted by molar-refractivity contribution is 5.16. The first kappa shape index (κ1) is 14.3. The first-order valence-electron chi connectivity index (χ1n) is 7.33. The molecule has 0 radical (unpaired) electrons. The van der Waals surface area contributed by atoms with Gasteiger partial charge in [0.1, 0.15) is 0 Å². The van der Waals surface area contributed by atoms with Crippen molar-refractivity contribution in [1.82, 2.24) is 0 Å². The quantitative estimate of drug-likeness (QED) is 0.646. The maximum absolute atomic E-state index is 11.0. The fourth-order valence-corrected chi connectivity index (χ4v) is 4.15. The smallest absolute Gasteiger partial charge is 0.222 e. The molecule has 4 aliphatic rings. The summed E-state index contributed by atoms with van der Waals surface area (Å²) in [4.78, 5) is 10.5. The summed E-state index contributed by atoms with van der Waals surface area (Å²) in [5, 5.41) is 21.3. The van der Waals surface area contributed by atoms with Crippen LogP contribution in [0.3, 0.4) is 0 Å². The third-order valence-corrected chi connectivity index (χ3v) is 5.21. The molecule has 2 N–H and O–H groups in total. The van der Waals surface area contributed by atoms with E-state index in [9.17, 15) is 10.2 Å². The Morgan fingerprint density at radius 3 is 1.90 bits per heavy atom. The monoisotopic (exact) mass is 304 g/mol. The lowest BCUT2D eigenvalue weighted by atomic mass is 9.60. The molecule has 4 heterocycles. The van der Waals surface area contributed by atoms with Gasteiger partial charge in [-0.15, -0.1) is 0 Å². The van der Waals surface area contributed by atoms with Crippen LogP contribution in [-0.2, 0) is 28.7 Å². The highest BCUT2D eigenvalue weighted by atomic mass is 17.2. The van der Waals surface area contributed by atoms with Crippen LogP contribution in [0.4, 0.5) is 0 Å². The molecule has 0 bridgehead atoms. The van der Waals surface area contributed by atoms with Gasteiger partial charge in [0, 0.05) is 19.3 Å². The fourth-order valence-electron chi connectivity index (χ4n) is 4.15. The Morgan fingerprint density at radius 2 is 1.38 bits per heavy atom. The summed E-state index contributed by atoms with van der Waals surface area (Å²) in [6.07, 6.45) is 1.08. The van der Waals surface area contributed by atoms with Gasteiger partial charge in [-0.1, -0.05) is 0 Å². The van der Waals surface area contributed by atoms with Gasteiger partial charge in [0.2, 0.25) is 5.79 Å². The van der Waals surface area contributed by atoms with Gasteiger partial charge in [0.25, 0.3) is 0 Å². The molecule has 4 aliphatic heterocycles. The van der Waals surface area contributed by atoms with Crippen LogP contribution in [0.5, 0.6) is 0 Å². The van der Waals surface area contributed by atoms with Gasteiger partial charge in [-0.25, -0.2) is 4.89 Å². The van der Waals surface area contributed by atoms with Crippen LogP contribution < -0.4 is 0 Å². The summed E-state index contributed by atoms with van der Waals surface area (Å²) in [5.41, 5.74) is -1.42. The average molecular weight is 304 g/mol. The van der Waals surface area contributed by atoms with Crippen molar-refractivity contribution < 1.29 is 38.9 Å². The van der Waals surface area contributed by atoms with Crippen LogP contribution >= 0.6 is 0 Å². The Hall–Kier alpha value is -0.320. The van der Waals surface area contributed by atoms with Crippen LogP contribution in [0, 0.1) is 5.41 Å². The number of ether oxygens (including phenoxy) is 4. The van der Waals surface area contributed by atoms with E-state index in [2.05, 4.69) is 0 Å². The van der Waals surface area contributed by atoms with Crippen molar-refractivity contribution >= 4 is 0 Å². The lowest BCUT2D eigenvalue weighted by Crippen LogP contribution is -2.80. The zero-order valence-corrected chi connectivity index (χ0v) is 11.7. The Bertz CT molecular complexity index is 384. The molecule has 4 fully saturated rings. The zero-order chi connectivity index (χ0) is 14.6. The van der Waals surface area contributed by atoms with Gasteiger partial charge < -0.3 is 29.2 Å². The molecule has 2 spiro atoms. The molecule has 0 amide bonds. The second kappa shape index (κ2) is 4.59. The van der Waals surface area contributed by atoms with Crippen LogP contribution in [-0.4, -0.2) is 67.2 Å². The SMILES string of the molecule is OCC1(C2(O)CCO2)C2(CCOC13CCOO3)OCCO2. The normalized spacial score (nSPS) is 48.9. The van der Waals surface area contributed by atoms with E-state index in [-0.39, 0.29) is 0 Å². The predicted octanol–water partition coefficient (Wildman–Crippen LogP) is -0.714. The molecular weight excluding hydrogens is 284 g/mol. The van der Waals surface area contributed by atoms with E-state index in [4.69, 9.17) is 28.7 Å². The molecule has 0 aromatic heterocycles. The molecule has 8 nitrogen and oxygen atoms in total. The van der Waals surface area contributed by atoms with Gasteiger partial charge in [0.05, 0.1) is 39.6 Å². The van der Waals surface area contributed by atoms with E-state index in [1.54, 1.807) is 0 Å². The molecule has 3 unspecified atom stereocenters. The summed E-state index contributed by atoms with van der Waals surface area (Å²) in [6, 6.07) is 0. The Morgan fingerprint density at radius 1 is 0.762 bits per heavy atom. The van der Waals surface area contributed by atoms with Crippen molar-refractivity contribution in [3.8, 4) is 0 Å². The minimum Gasteiger partial charge on any atom is -0.395 e. The van der Waals surface area contributed by atoms with Crippen molar-refractivity contribution in [2.45, 2.75) is 36.6 Å². The van der Waals surface area contributed by atoms with Crippen LogP contribution in [0.2, 0.25) is 0 Å². The van der Waals surface area contributed by atoms with Gasteiger partial charge in [-0.05, 0) is 0 Å². The first-order valence-corrected chi connectivity index (χ1v) is 7.33. The molecule has 0 aliphatic carbocycles. The second-order valence-electron chi connectivity index (χ2n) is 5.90.